The van der Waals surface area contributed by atoms with Gasteiger partial charge < -0.3 is 14.7 Å². The average Bonchev–Trinajstić information content (AvgIpc) is 3.08. The summed E-state index contributed by atoms with van der Waals surface area (Å²) >= 11 is -0.141. The van der Waals surface area contributed by atoms with Gasteiger partial charge in [-0.15, -0.1) is 0 Å². The Hall–Kier alpha value is -2.87. The van der Waals surface area contributed by atoms with Gasteiger partial charge in [0.1, 0.15) is 7.32 Å². The molecule has 0 saturated heterocycles. The van der Waals surface area contributed by atoms with Crippen LogP contribution in [-0.4, -0.2) is 7.32 Å². The highest BCUT2D eigenvalue weighted by atomic mass is 127. The molecule has 0 N–H and O–H groups in total. The van der Waals surface area contributed by atoms with Crippen molar-refractivity contribution in [3.63, 3.8) is 0 Å². The number of rotatable bonds is 6. The van der Waals surface area contributed by atoms with E-state index in [4.69, 9.17) is 0 Å². The molecule has 0 saturated carbocycles. The van der Waals surface area contributed by atoms with Gasteiger partial charge in [0, 0.05) is 0 Å². The number of halogens is 5. The van der Waals surface area contributed by atoms with E-state index >= 15 is 0 Å². The molecule has 0 aromatic heterocycles. The summed E-state index contributed by atoms with van der Waals surface area (Å²) in [7, 11) is -2.63. The molecule has 0 bridgehead atoms. The van der Waals surface area contributed by atoms with E-state index in [9.17, 15) is 23.2 Å². The summed E-state index contributed by atoms with van der Waals surface area (Å²) in [5.41, 5.74) is 5.66. The van der Waals surface area contributed by atoms with Crippen molar-refractivity contribution in [3.05, 3.63) is 163 Å². The molecule has 300 valence electrons. The zero-order chi connectivity index (χ0) is 42.1. The molecule has 0 aliphatic carbocycles. The molecule has 56 heavy (non-hydrogen) atoms. The quantitative estimate of drug-likeness (QED) is 0.185. The third-order valence-electron chi connectivity index (χ3n) is 8.67. The maximum atomic E-state index is 12.1. The van der Waals surface area contributed by atoms with Gasteiger partial charge in [-0.2, -0.15) is 13.2 Å². The molecule has 0 unspecified atom stereocenters. The molecular weight excluding hydrogens is 934 g/mol. The summed E-state index contributed by atoms with van der Waals surface area (Å²) in [6.45, 7) is 27.2. The molecule has 5 aromatic rings. The van der Waals surface area contributed by atoms with E-state index in [0.29, 0.717) is 6.07 Å². The molecule has 0 heterocycles. The Bertz CT molecular complexity index is 1710. The number of hydrogen-bond acceptors (Lipinski definition) is 3. The van der Waals surface area contributed by atoms with Crippen LogP contribution in [0.15, 0.2) is 121 Å². The topological polar surface area (TPSA) is 55.3 Å². The van der Waals surface area contributed by atoms with Crippen molar-refractivity contribution in [2.24, 2.45) is 0 Å². The van der Waals surface area contributed by atoms with Gasteiger partial charge in [0.25, 0.3) is 0 Å². The lowest BCUT2D eigenvalue weighted by Crippen LogP contribution is -3.61. The summed E-state index contributed by atoms with van der Waals surface area (Å²) in [5, 5.41) is 20.0. The summed E-state index contributed by atoms with van der Waals surface area (Å²) < 4.78 is 46.3. The Morgan fingerprint density at radius 3 is 0.893 bits per heavy atom. The van der Waals surface area contributed by atoms with Gasteiger partial charge in [0.15, 0.2) is 14.3 Å². The van der Waals surface area contributed by atoms with E-state index in [2.05, 4.69) is 185 Å². The summed E-state index contributed by atoms with van der Waals surface area (Å²) in [5.74, 6) is -0.380. The first kappa shape index (κ1) is 47.5. The first-order valence-electron chi connectivity index (χ1n) is 18.6. The second kappa shape index (κ2) is 19.7. The molecule has 0 radical (unpaired) electrons. The standard InChI is InChI=1S/2C20H26I.C7H4BF3O3/c2*1-19(2,3)15-7-11-17(12-8-15)21-18-13-9-16(10-14-18)20(4,5)6;9-7(10,11)5-2-1-3-6(4-5)14-8(12)13/h2*7-14H,1-6H3;1-4H/q2*+1;-2. The molecule has 5 rings (SSSR count). The van der Waals surface area contributed by atoms with Crippen LogP contribution in [0.5, 0.6) is 5.75 Å². The molecule has 5 aromatic carbocycles. The third-order valence-corrected chi connectivity index (χ3v) is 14.0. The van der Waals surface area contributed by atoms with Crippen molar-refractivity contribution in [2.75, 3.05) is 0 Å². The molecule has 0 amide bonds. The van der Waals surface area contributed by atoms with Crippen LogP contribution < -0.4 is 57.1 Å². The molecule has 0 atom stereocenters. The highest BCUT2D eigenvalue weighted by Crippen LogP contribution is 2.31. The maximum Gasteiger partial charge on any atom is 0.416 e. The second-order valence-corrected chi connectivity index (χ2v) is 23.7. The molecule has 0 fully saturated rings. The van der Waals surface area contributed by atoms with E-state index in [-0.39, 0.29) is 69.8 Å². The Morgan fingerprint density at radius 2 is 0.679 bits per heavy atom. The Morgan fingerprint density at radius 1 is 0.411 bits per heavy atom. The maximum absolute atomic E-state index is 12.1. The molecule has 9 heteroatoms. The molecule has 0 spiro atoms. The van der Waals surface area contributed by atoms with Gasteiger partial charge >= 0.3 is 48.6 Å². The molecule has 3 nitrogen and oxygen atoms in total. The summed E-state index contributed by atoms with van der Waals surface area (Å²) in [6.07, 6.45) is -4.51. The van der Waals surface area contributed by atoms with Gasteiger partial charge in [-0.3, -0.25) is 0 Å². The van der Waals surface area contributed by atoms with Crippen LogP contribution in [0.1, 0.15) is 111 Å². The van der Waals surface area contributed by atoms with Crippen molar-refractivity contribution in [1.82, 2.24) is 0 Å². The zero-order valence-electron chi connectivity index (χ0n) is 34.7. The minimum Gasteiger partial charge on any atom is -0.860 e. The van der Waals surface area contributed by atoms with E-state index in [0.717, 1.165) is 18.2 Å². The van der Waals surface area contributed by atoms with E-state index < -0.39 is 19.1 Å². The Balaban J connectivity index is 0.000000231. The highest BCUT2D eigenvalue weighted by Gasteiger charge is 2.30. The predicted molar refractivity (Wildman–Crippen MR) is 213 cm³/mol. The fraction of sp³-hybridized carbons (Fsp3) is 0.362. The van der Waals surface area contributed by atoms with Crippen LogP contribution in [0.3, 0.4) is 0 Å². The van der Waals surface area contributed by atoms with E-state index in [1.54, 1.807) is 0 Å². The zero-order valence-corrected chi connectivity index (χ0v) is 39.1. The van der Waals surface area contributed by atoms with Gasteiger partial charge in [0.05, 0.1) is 11.3 Å². The smallest absolute Gasteiger partial charge is 0.416 e. The van der Waals surface area contributed by atoms with Crippen molar-refractivity contribution < 1.29 is 70.3 Å². The molecule has 0 aliphatic heterocycles. The SMILES string of the molecule is CC(C)(C)c1ccc([I+]c2ccc(C(C)(C)C)cc2)cc1.CC(C)(C)c1ccc([I+]c2ccc(C(C)(C)C)cc2)cc1.[O-]B([O-])Oc1cccc(C(F)(F)F)c1. The normalized spacial score (nSPS) is 12.2. The first-order valence-corrected chi connectivity index (χ1v) is 22.9. The van der Waals surface area contributed by atoms with Crippen LogP contribution in [0.25, 0.3) is 0 Å². The fourth-order valence-electron chi connectivity index (χ4n) is 5.16. The van der Waals surface area contributed by atoms with Crippen molar-refractivity contribution >= 4 is 7.32 Å². The van der Waals surface area contributed by atoms with E-state index in [1.807, 2.05) is 0 Å². The molecular formula is C47H56BF3I2O3. The number of alkyl halides is 3. The van der Waals surface area contributed by atoms with Gasteiger partial charge in [-0.05, 0) is 111 Å². The largest absolute Gasteiger partial charge is 0.860 e. The van der Waals surface area contributed by atoms with Gasteiger partial charge in [-0.25, -0.2) is 0 Å². The highest BCUT2D eigenvalue weighted by molar-refractivity contribution is 6.29. The van der Waals surface area contributed by atoms with Crippen LogP contribution in [-0.2, 0) is 27.8 Å². The van der Waals surface area contributed by atoms with Crippen LogP contribution in [0.4, 0.5) is 13.2 Å². The lowest BCUT2D eigenvalue weighted by atomic mass is 9.87. The lowest BCUT2D eigenvalue weighted by molar-refractivity contribution is -0.597. The van der Waals surface area contributed by atoms with Crippen molar-refractivity contribution in [3.8, 4) is 5.75 Å². The lowest BCUT2D eigenvalue weighted by Gasteiger charge is -2.26. The summed E-state index contributed by atoms with van der Waals surface area (Å²) in [6, 6.07) is 40.4. The Kier molecular flexibility index (Phi) is 16.7. The van der Waals surface area contributed by atoms with Crippen molar-refractivity contribution in [1.29, 1.82) is 0 Å². The number of benzene rings is 5. The predicted octanol–water partition coefficient (Wildman–Crippen LogP) is 4.61. The van der Waals surface area contributed by atoms with Gasteiger partial charge in [0.2, 0.25) is 0 Å². The fourth-order valence-corrected chi connectivity index (χ4v) is 9.48. The molecule has 0 aliphatic rings. The van der Waals surface area contributed by atoms with Crippen LogP contribution >= 0.6 is 0 Å². The number of hydrogen-bond donors (Lipinski definition) is 0. The average molecular weight is 991 g/mol. The van der Waals surface area contributed by atoms with Crippen LogP contribution in [0, 0.1) is 14.3 Å². The minimum atomic E-state index is -4.51. The second-order valence-electron chi connectivity index (χ2n) is 17.6. The monoisotopic (exact) mass is 990 g/mol. The van der Waals surface area contributed by atoms with Crippen LogP contribution in [0.2, 0.25) is 0 Å². The van der Waals surface area contributed by atoms with E-state index in [1.165, 1.54) is 36.5 Å². The third kappa shape index (κ3) is 16.2. The minimum absolute atomic E-state index is 0.0703. The first-order chi connectivity index (χ1) is 25.7. The Labute approximate surface area is 355 Å². The van der Waals surface area contributed by atoms with Gasteiger partial charge in [-0.1, -0.05) is 138 Å². The van der Waals surface area contributed by atoms with Crippen molar-refractivity contribution in [2.45, 2.75) is 111 Å². The summed E-state index contributed by atoms with van der Waals surface area (Å²) in [4.78, 5) is 0.